The zero-order chi connectivity index (χ0) is 19.3. The number of nitrogens with zero attached hydrogens (tertiary/aromatic N) is 4. The van der Waals surface area contributed by atoms with Crippen LogP contribution in [0.25, 0.3) is 12.2 Å². The number of nitriles is 1. The van der Waals surface area contributed by atoms with Gasteiger partial charge in [-0.25, -0.2) is 0 Å². The van der Waals surface area contributed by atoms with Gasteiger partial charge >= 0.3 is 0 Å². The largest absolute Gasteiger partial charge is 0.497 e. The fourth-order valence-electron chi connectivity index (χ4n) is 3.19. The number of piperazine rings is 1. The molecule has 1 aliphatic heterocycles. The Morgan fingerprint density at radius 1 is 1.11 bits per heavy atom. The number of aromatic nitrogens is 1. The smallest absolute Gasteiger partial charge is 0.235 e. The SMILES string of the molecule is COc1ccc(N2CCN(c3oc(C=Cc4cccs4)nc3C#N)CC2)cc1. The van der Waals surface area contributed by atoms with Crippen LogP contribution in [0.2, 0.25) is 0 Å². The summed E-state index contributed by atoms with van der Waals surface area (Å²) in [5.74, 6) is 1.87. The molecule has 1 saturated heterocycles. The Labute approximate surface area is 167 Å². The minimum absolute atomic E-state index is 0.337. The van der Waals surface area contributed by atoms with Gasteiger partial charge in [0.2, 0.25) is 17.5 Å². The lowest BCUT2D eigenvalue weighted by Crippen LogP contribution is -2.46. The molecular weight excluding hydrogens is 372 g/mol. The summed E-state index contributed by atoms with van der Waals surface area (Å²) in [6.07, 6.45) is 3.76. The molecule has 0 bridgehead atoms. The van der Waals surface area contributed by atoms with Crippen LogP contribution in [-0.2, 0) is 0 Å². The molecule has 3 aromatic rings. The molecule has 7 heteroatoms. The molecule has 0 N–H and O–H groups in total. The lowest BCUT2D eigenvalue weighted by Gasteiger charge is -2.35. The Morgan fingerprint density at radius 2 is 1.86 bits per heavy atom. The molecular formula is C21H20N4O2S. The maximum absolute atomic E-state index is 9.45. The molecule has 3 heterocycles. The van der Waals surface area contributed by atoms with Gasteiger partial charge in [0, 0.05) is 42.8 Å². The average Bonchev–Trinajstić information content (AvgIpc) is 3.42. The summed E-state index contributed by atoms with van der Waals surface area (Å²) in [6, 6.07) is 14.2. The Hall–Kier alpha value is -3.24. The molecule has 1 fully saturated rings. The predicted octanol–water partition coefficient (Wildman–Crippen LogP) is 4.11. The molecule has 0 amide bonds. The Kier molecular flexibility index (Phi) is 5.31. The summed E-state index contributed by atoms with van der Waals surface area (Å²) in [7, 11) is 1.67. The van der Waals surface area contributed by atoms with Gasteiger partial charge in [0.15, 0.2) is 0 Å². The van der Waals surface area contributed by atoms with Gasteiger partial charge < -0.3 is 19.0 Å². The average molecular weight is 392 g/mol. The first kappa shape index (κ1) is 18.1. The first-order valence-corrected chi connectivity index (χ1v) is 9.91. The van der Waals surface area contributed by atoms with Gasteiger partial charge in [0.05, 0.1) is 7.11 Å². The summed E-state index contributed by atoms with van der Waals surface area (Å²) in [6.45, 7) is 3.23. The topological polar surface area (TPSA) is 65.5 Å². The van der Waals surface area contributed by atoms with Crippen molar-refractivity contribution in [3.8, 4) is 11.8 Å². The summed E-state index contributed by atoms with van der Waals surface area (Å²) >= 11 is 1.64. The minimum atomic E-state index is 0.337. The number of oxazole rings is 1. The second-order valence-electron chi connectivity index (χ2n) is 6.34. The molecule has 0 radical (unpaired) electrons. The number of rotatable bonds is 5. The van der Waals surface area contributed by atoms with Crippen LogP contribution in [0.4, 0.5) is 11.6 Å². The number of ether oxygens (including phenoxy) is 1. The number of hydrogen-bond donors (Lipinski definition) is 0. The third-order valence-electron chi connectivity index (χ3n) is 4.67. The summed E-state index contributed by atoms with van der Waals surface area (Å²) < 4.78 is 11.1. The van der Waals surface area contributed by atoms with E-state index in [9.17, 15) is 5.26 Å². The van der Waals surface area contributed by atoms with Gasteiger partial charge in [-0.1, -0.05) is 6.07 Å². The second-order valence-corrected chi connectivity index (χ2v) is 7.32. The van der Waals surface area contributed by atoms with Crippen molar-refractivity contribution in [3.63, 3.8) is 0 Å². The van der Waals surface area contributed by atoms with Gasteiger partial charge in [0.25, 0.3) is 0 Å². The van der Waals surface area contributed by atoms with Crippen molar-refractivity contribution in [2.45, 2.75) is 0 Å². The quantitative estimate of drug-likeness (QED) is 0.651. The van der Waals surface area contributed by atoms with E-state index in [1.807, 2.05) is 41.8 Å². The van der Waals surface area contributed by atoms with E-state index in [-0.39, 0.29) is 0 Å². The highest BCUT2D eigenvalue weighted by molar-refractivity contribution is 7.10. The van der Waals surface area contributed by atoms with E-state index >= 15 is 0 Å². The maximum atomic E-state index is 9.45. The van der Waals surface area contributed by atoms with Crippen molar-refractivity contribution in [1.29, 1.82) is 5.26 Å². The Bertz CT molecular complexity index is 979. The number of thiophene rings is 1. The van der Waals surface area contributed by atoms with Crippen molar-refractivity contribution in [3.05, 3.63) is 58.2 Å². The van der Waals surface area contributed by atoms with E-state index in [0.717, 1.165) is 42.5 Å². The first-order valence-electron chi connectivity index (χ1n) is 9.03. The lowest BCUT2D eigenvalue weighted by atomic mass is 10.2. The molecule has 1 aromatic carbocycles. The van der Waals surface area contributed by atoms with E-state index in [4.69, 9.17) is 9.15 Å². The van der Waals surface area contributed by atoms with Gasteiger partial charge in [-0.15, -0.1) is 11.3 Å². The zero-order valence-corrected chi connectivity index (χ0v) is 16.4. The number of benzene rings is 1. The second kappa shape index (κ2) is 8.19. The van der Waals surface area contributed by atoms with E-state index < -0.39 is 0 Å². The van der Waals surface area contributed by atoms with Crippen LogP contribution >= 0.6 is 11.3 Å². The van der Waals surface area contributed by atoms with E-state index in [2.05, 4.69) is 33.0 Å². The molecule has 0 saturated carbocycles. The monoisotopic (exact) mass is 392 g/mol. The highest BCUT2D eigenvalue weighted by Gasteiger charge is 2.24. The number of hydrogen-bond acceptors (Lipinski definition) is 7. The summed E-state index contributed by atoms with van der Waals surface area (Å²) in [5.41, 5.74) is 1.50. The van der Waals surface area contributed by atoms with E-state index in [0.29, 0.717) is 17.5 Å². The van der Waals surface area contributed by atoms with Crippen molar-refractivity contribution in [1.82, 2.24) is 4.98 Å². The van der Waals surface area contributed by atoms with E-state index in [1.165, 1.54) is 0 Å². The normalized spacial score (nSPS) is 14.4. The van der Waals surface area contributed by atoms with Gasteiger partial charge in [0.1, 0.15) is 11.8 Å². The van der Waals surface area contributed by atoms with Crippen LogP contribution in [0.1, 0.15) is 16.5 Å². The summed E-state index contributed by atoms with van der Waals surface area (Å²) in [5, 5.41) is 11.5. The third kappa shape index (κ3) is 3.87. The maximum Gasteiger partial charge on any atom is 0.235 e. The highest BCUT2D eigenvalue weighted by atomic mass is 32.1. The molecule has 4 rings (SSSR count). The fraction of sp³-hybridized carbons (Fsp3) is 0.238. The summed E-state index contributed by atoms with van der Waals surface area (Å²) in [4.78, 5) is 9.84. The molecule has 2 aromatic heterocycles. The van der Waals surface area contributed by atoms with Crippen LogP contribution in [-0.4, -0.2) is 38.3 Å². The van der Waals surface area contributed by atoms with E-state index in [1.54, 1.807) is 18.4 Å². The van der Waals surface area contributed by atoms with Gasteiger partial charge in [-0.05, 0) is 41.8 Å². The van der Waals surface area contributed by atoms with Crippen LogP contribution in [0.15, 0.2) is 46.2 Å². The molecule has 0 aliphatic carbocycles. The highest BCUT2D eigenvalue weighted by Crippen LogP contribution is 2.26. The zero-order valence-electron chi connectivity index (χ0n) is 15.5. The molecule has 0 unspecified atom stereocenters. The lowest BCUT2D eigenvalue weighted by molar-refractivity contribution is 0.415. The van der Waals surface area contributed by atoms with Gasteiger partial charge in [-0.2, -0.15) is 10.2 Å². The predicted molar refractivity (Wildman–Crippen MR) is 112 cm³/mol. The fourth-order valence-corrected chi connectivity index (χ4v) is 3.80. The molecule has 28 heavy (non-hydrogen) atoms. The van der Waals surface area contributed by atoms with Crippen LogP contribution < -0.4 is 14.5 Å². The molecule has 0 spiro atoms. The Morgan fingerprint density at radius 3 is 2.50 bits per heavy atom. The van der Waals surface area contributed by atoms with Crippen LogP contribution in [0.5, 0.6) is 5.75 Å². The minimum Gasteiger partial charge on any atom is -0.497 e. The van der Waals surface area contributed by atoms with Crippen molar-refractivity contribution in [2.24, 2.45) is 0 Å². The van der Waals surface area contributed by atoms with Crippen molar-refractivity contribution >= 4 is 35.1 Å². The number of methoxy groups -OCH3 is 1. The molecule has 0 atom stereocenters. The van der Waals surface area contributed by atoms with Crippen molar-refractivity contribution in [2.75, 3.05) is 43.1 Å². The Balaban J connectivity index is 1.44. The molecule has 142 valence electrons. The molecule has 6 nitrogen and oxygen atoms in total. The number of anilines is 2. The van der Waals surface area contributed by atoms with Crippen LogP contribution in [0.3, 0.4) is 0 Å². The molecule has 1 aliphatic rings. The van der Waals surface area contributed by atoms with Gasteiger partial charge in [-0.3, -0.25) is 0 Å². The first-order chi connectivity index (χ1) is 13.8. The van der Waals surface area contributed by atoms with Crippen LogP contribution in [0, 0.1) is 11.3 Å². The third-order valence-corrected chi connectivity index (χ3v) is 5.51. The van der Waals surface area contributed by atoms with Crippen molar-refractivity contribution < 1.29 is 9.15 Å². The standard InChI is InChI=1S/C21H20N4O2S/c1-26-17-6-4-16(5-7-17)24-10-12-25(13-11-24)21-19(15-22)23-20(27-21)9-8-18-3-2-14-28-18/h2-9,14H,10-13H2,1H3.